The average molecular weight is 435 g/mol. The molecule has 2 saturated heterocycles. The highest BCUT2D eigenvalue weighted by atomic mass is 32.2. The average Bonchev–Trinajstić information content (AvgIpc) is 3.27. The van der Waals surface area contributed by atoms with Crippen molar-refractivity contribution in [3.05, 3.63) is 75.6 Å². The molecule has 2 amide bonds. The number of anilines is 1. The van der Waals surface area contributed by atoms with Crippen LogP contribution in [0.2, 0.25) is 0 Å². The van der Waals surface area contributed by atoms with E-state index in [1.165, 1.54) is 6.07 Å². The van der Waals surface area contributed by atoms with Gasteiger partial charge in [0.15, 0.2) is 0 Å². The summed E-state index contributed by atoms with van der Waals surface area (Å²) in [5, 5.41) is 3.74. The molecule has 6 nitrogen and oxygen atoms in total. The van der Waals surface area contributed by atoms with Crippen LogP contribution in [0.15, 0.2) is 57.7 Å². The molecule has 1 aromatic heterocycles. The zero-order valence-electron chi connectivity index (χ0n) is 17.3. The molecule has 2 fully saturated rings. The van der Waals surface area contributed by atoms with Gasteiger partial charge in [-0.05, 0) is 43.5 Å². The maximum absolute atomic E-state index is 13.2. The van der Waals surface area contributed by atoms with Crippen molar-refractivity contribution in [1.29, 1.82) is 0 Å². The van der Waals surface area contributed by atoms with Crippen molar-refractivity contribution in [2.24, 2.45) is 0 Å². The molecule has 2 aliphatic heterocycles. The van der Waals surface area contributed by atoms with E-state index in [0.717, 1.165) is 22.1 Å². The minimum atomic E-state index is -0.554. The maximum Gasteiger partial charge on any atom is 0.336 e. The van der Waals surface area contributed by atoms with Crippen molar-refractivity contribution in [1.82, 2.24) is 4.90 Å². The number of nitrogens with one attached hydrogen (secondary N) is 1. The van der Waals surface area contributed by atoms with Gasteiger partial charge in [-0.3, -0.25) is 9.59 Å². The second kappa shape index (κ2) is 7.27. The minimum absolute atomic E-state index is 0.00542. The molecule has 3 aromatic rings. The first-order valence-electron chi connectivity index (χ1n) is 10.3. The molecule has 0 spiro atoms. The summed E-state index contributed by atoms with van der Waals surface area (Å²) in [4.78, 5) is 39.0. The Bertz CT molecular complexity index is 1270. The molecule has 0 radical (unpaired) electrons. The Hall–Kier alpha value is -3.06. The molecule has 0 saturated carbocycles. The summed E-state index contributed by atoms with van der Waals surface area (Å²) >= 11 is 1.66. The fourth-order valence-electron chi connectivity index (χ4n) is 4.58. The van der Waals surface area contributed by atoms with Crippen molar-refractivity contribution < 1.29 is 14.0 Å². The summed E-state index contributed by atoms with van der Waals surface area (Å²) in [5.41, 5.74) is 3.58. The maximum atomic E-state index is 13.2. The van der Waals surface area contributed by atoms with Crippen molar-refractivity contribution >= 4 is 40.2 Å². The Morgan fingerprint density at radius 3 is 2.68 bits per heavy atom. The van der Waals surface area contributed by atoms with Gasteiger partial charge in [-0.1, -0.05) is 29.8 Å². The quantitative estimate of drug-likeness (QED) is 0.632. The number of thioether (sulfide) groups is 1. The van der Waals surface area contributed by atoms with Gasteiger partial charge in [0.05, 0.1) is 0 Å². The minimum Gasteiger partial charge on any atom is -0.423 e. The van der Waals surface area contributed by atoms with Gasteiger partial charge >= 0.3 is 5.63 Å². The number of aryl methyl sites for hydroxylation is 2. The van der Waals surface area contributed by atoms with E-state index in [-0.39, 0.29) is 11.8 Å². The van der Waals surface area contributed by atoms with Gasteiger partial charge in [-0.25, -0.2) is 4.79 Å². The molecular formula is C24H22N2O4S. The zero-order valence-corrected chi connectivity index (χ0v) is 18.1. The Morgan fingerprint density at radius 2 is 1.90 bits per heavy atom. The van der Waals surface area contributed by atoms with Crippen molar-refractivity contribution in [2.45, 2.75) is 37.6 Å². The Kier molecular flexibility index (Phi) is 4.66. The van der Waals surface area contributed by atoms with Crippen molar-refractivity contribution in [3.8, 4) is 0 Å². The Morgan fingerprint density at radius 1 is 1.13 bits per heavy atom. The second-order valence-corrected chi connectivity index (χ2v) is 9.49. The smallest absolute Gasteiger partial charge is 0.336 e. The number of hydrogen-bond acceptors (Lipinski definition) is 5. The van der Waals surface area contributed by atoms with Crippen LogP contribution in [-0.2, 0) is 14.5 Å². The van der Waals surface area contributed by atoms with Crippen LogP contribution in [0.1, 0.15) is 29.5 Å². The fraction of sp³-hybridized carbons (Fsp3) is 0.292. The lowest BCUT2D eigenvalue weighted by atomic mass is 10.0. The summed E-state index contributed by atoms with van der Waals surface area (Å²) in [5.74, 6) is 0.310. The highest BCUT2D eigenvalue weighted by molar-refractivity contribution is 8.00. The molecule has 0 bridgehead atoms. The zero-order chi connectivity index (χ0) is 21.8. The summed E-state index contributed by atoms with van der Waals surface area (Å²) < 4.78 is 5.28. The van der Waals surface area contributed by atoms with E-state index in [2.05, 4.69) is 17.4 Å². The van der Waals surface area contributed by atoms with E-state index in [1.807, 2.05) is 32.0 Å². The van der Waals surface area contributed by atoms with E-state index in [9.17, 15) is 14.4 Å². The highest BCUT2D eigenvalue weighted by Gasteiger charge is 2.56. The number of fused-ring (bicyclic) bond motifs is 2. The van der Waals surface area contributed by atoms with Crippen LogP contribution in [0.25, 0.3) is 11.0 Å². The van der Waals surface area contributed by atoms with Crippen LogP contribution in [-0.4, -0.2) is 28.5 Å². The van der Waals surface area contributed by atoms with E-state index in [4.69, 9.17) is 4.42 Å². The van der Waals surface area contributed by atoms with Gasteiger partial charge in [-0.2, -0.15) is 0 Å². The molecule has 5 rings (SSSR count). The Balaban J connectivity index is 1.43. The molecule has 31 heavy (non-hydrogen) atoms. The van der Waals surface area contributed by atoms with Gasteiger partial charge < -0.3 is 14.6 Å². The molecule has 0 unspecified atom stereocenters. The molecule has 0 aliphatic carbocycles. The third-order valence-electron chi connectivity index (χ3n) is 6.15. The third-order valence-corrected chi connectivity index (χ3v) is 7.75. The van der Waals surface area contributed by atoms with E-state index in [1.54, 1.807) is 28.8 Å². The molecule has 3 heterocycles. The van der Waals surface area contributed by atoms with Gasteiger partial charge in [0.25, 0.3) is 0 Å². The largest absolute Gasteiger partial charge is 0.423 e. The van der Waals surface area contributed by atoms with Crippen LogP contribution in [0, 0.1) is 13.8 Å². The molecule has 2 aromatic carbocycles. The fourth-order valence-corrected chi connectivity index (χ4v) is 6.23. The number of nitrogens with zero attached hydrogens (tertiary/aromatic N) is 1. The van der Waals surface area contributed by atoms with E-state index >= 15 is 0 Å². The number of rotatable bonds is 3. The van der Waals surface area contributed by atoms with E-state index < -0.39 is 16.5 Å². The first-order valence-corrected chi connectivity index (χ1v) is 11.2. The lowest BCUT2D eigenvalue weighted by Crippen LogP contribution is -2.48. The Labute approximate surface area is 183 Å². The summed E-state index contributed by atoms with van der Waals surface area (Å²) in [6.07, 6.45) is 1.13. The SMILES string of the molecule is Cc1ccc([C@]23CCC(=O)N2[C@H](C(=O)Nc2ccc4c(C)cc(=O)oc4c2)CS3)cc1. The van der Waals surface area contributed by atoms with E-state index in [0.29, 0.717) is 29.9 Å². The lowest BCUT2D eigenvalue weighted by Gasteiger charge is -2.34. The van der Waals surface area contributed by atoms with Crippen molar-refractivity contribution in [2.75, 3.05) is 11.1 Å². The third kappa shape index (κ3) is 3.24. The van der Waals surface area contributed by atoms with Crippen LogP contribution in [0.3, 0.4) is 0 Å². The molecule has 2 atom stereocenters. The van der Waals surface area contributed by atoms with Gasteiger partial charge in [0, 0.05) is 35.4 Å². The number of carbonyl (C=O) groups excluding carboxylic acids is 2. The van der Waals surface area contributed by atoms with Crippen LogP contribution in [0.4, 0.5) is 5.69 Å². The van der Waals surface area contributed by atoms with Crippen LogP contribution >= 0.6 is 11.8 Å². The van der Waals surface area contributed by atoms with Gasteiger partial charge in [0.1, 0.15) is 16.5 Å². The van der Waals surface area contributed by atoms with Crippen molar-refractivity contribution in [3.63, 3.8) is 0 Å². The molecule has 158 valence electrons. The summed E-state index contributed by atoms with van der Waals surface area (Å²) in [6.45, 7) is 3.88. The number of hydrogen-bond donors (Lipinski definition) is 1. The first kappa shape index (κ1) is 19.9. The molecule has 1 N–H and O–H groups in total. The standard InChI is InChI=1S/C24H22N2O4S/c1-14-3-5-16(6-4-14)24-10-9-21(27)26(24)19(13-31-24)23(29)25-17-7-8-18-15(2)11-22(28)30-20(18)12-17/h3-8,11-12,19H,9-10,13H2,1-2H3,(H,25,29)/t19-,24+/m0/s1. The molecule has 2 aliphatic rings. The molecule has 7 heteroatoms. The first-order chi connectivity index (χ1) is 14.9. The van der Waals surface area contributed by atoms with Crippen LogP contribution < -0.4 is 10.9 Å². The topological polar surface area (TPSA) is 79.6 Å². The van der Waals surface area contributed by atoms with Gasteiger partial charge in [0.2, 0.25) is 11.8 Å². The predicted octanol–water partition coefficient (Wildman–Crippen LogP) is 3.94. The number of amides is 2. The second-order valence-electron chi connectivity index (χ2n) is 8.19. The van der Waals surface area contributed by atoms with Gasteiger partial charge in [-0.15, -0.1) is 11.8 Å². The number of benzene rings is 2. The summed E-state index contributed by atoms with van der Waals surface area (Å²) in [6, 6.07) is 14.4. The lowest BCUT2D eigenvalue weighted by molar-refractivity contribution is -0.136. The summed E-state index contributed by atoms with van der Waals surface area (Å²) in [7, 11) is 0. The van der Waals surface area contributed by atoms with Crippen LogP contribution in [0.5, 0.6) is 0 Å². The number of carbonyl (C=O) groups is 2. The highest BCUT2D eigenvalue weighted by Crippen LogP contribution is 2.54. The molecular weight excluding hydrogens is 412 g/mol. The normalized spacial score (nSPS) is 22.7. The monoisotopic (exact) mass is 434 g/mol. The predicted molar refractivity (Wildman–Crippen MR) is 121 cm³/mol.